The Morgan fingerprint density at radius 1 is 1.22 bits per heavy atom. The van der Waals surface area contributed by atoms with Gasteiger partial charge in [0.1, 0.15) is 18.1 Å². The molecule has 0 fully saturated rings. The highest BCUT2D eigenvalue weighted by atomic mass is 79.9. The van der Waals surface area contributed by atoms with E-state index in [0.29, 0.717) is 31.5 Å². The molecule has 0 bridgehead atoms. The van der Waals surface area contributed by atoms with E-state index in [1.165, 1.54) is 0 Å². The van der Waals surface area contributed by atoms with Gasteiger partial charge < -0.3 is 14.8 Å². The van der Waals surface area contributed by atoms with Gasteiger partial charge in [0.25, 0.3) is 0 Å². The lowest BCUT2D eigenvalue weighted by molar-refractivity contribution is -0.120. The minimum absolute atomic E-state index is 0.0298. The van der Waals surface area contributed by atoms with Crippen LogP contribution in [0.25, 0.3) is 0 Å². The van der Waals surface area contributed by atoms with Crippen LogP contribution >= 0.6 is 15.9 Å². The van der Waals surface area contributed by atoms with Crippen molar-refractivity contribution in [2.75, 3.05) is 25.1 Å². The number of halogens is 1. The number of hydrogen-bond donors (Lipinski definition) is 1. The summed E-state index contributed by atoms with van der Waals surface area (Å²) in [5.41, 5.74) is 0. The molecule has 0 heterocycles. The Kier molecular flexibility index (Phi) is 7.25. The van der Waals surface area contributed by atoms with Gasteiger partial charge in [0.2, 0.25) is 5.91 Å². The van der Waals surface area contributed by atoms with Crippen molar-refractivity contribution in [1.29, 1.82) is 0 Å². The lowest BCUT2D eigenvalue weighted by Gasteiger charge is -2.08. The zero-order chi connectivity index (χ0) is 13.2. The van der Waals surface area contributed by atoms with Gasteiger partial charge >= 0.3 is 0 Å². The molecule has 1 rings (SSSR count). The van der Waals surface area contributed by atoms with E-state index >= 15 is 0 Å². The van der Waals surface area contributed by atoms with Gasteiger partial charge in [-0.2, -0.15) is 0 Å². The third-order valence-corrected chi connectivity index (χ3v) is 2.55. The van der Waals surface area contributed by atoms with E-state index < -0.39 is 0 Å². The maximum Gasteiger partial charge on any atom is 0.220 e. The quantitative estimate of drug-likeness (QED) is 0.592. The van der Waals surface area contributed by atoms with Crippen molar-refractivity contribution in [3.8, 4) is 11.5 Å². The Balaban J connectivity index is 2.21. The predicted octanol–water partition coefficient (Wildman–Crippen LogP) is 2.37. The number of carbonyl (C=O) groups is 1. The first-order valence-corrected chi connectivity index (χ1v) is 7.06. The monoisotopic (exact) mass is 315 g/mol. The highest BCUT2D eigenvalue weighted by Gasteiger charge is 1.99. The van der Waals surface area contributed by atoms with Crippen molar-refractivity contribution in [3.63, 3.8) is 0 Å². The van der Waals surface area contributed by atoms with Gasteiger partial charge in [0, 0.05) is 11.8 Å². The smallest absolute Gasteiger partial charge is 0.220 e. The number of ether oxygens (including phenoxy) is 2. The summed E-state index contributed by atoms with van der Waals surface area (Å²) in [6.45, 7) is 3.57. The van der Waals surface area contributed by atoms with Crippen molar-refractivity contribution in [1.82, 2.24) is 5.32 Å². The zero-order valence-corrected chi connectivity index (χ0v) is 12.0. The molecule has 1 N–H and O–H groups in total. The summed E-state index contributed by atoms with van der Waals surface area (Å²) in [5.74, 6) is 1.63. The zero-order valence-electron chi connectivity index (χ0n) is 10.4. The molecule has 0 aliphatic heterocycles. The van der Waals surface area contributed by atoms with Crippen molar-refractivity contribution in [2.24, 2.45) is 0 Å². The van der Waals surface area contributed by atoms with Gasteiger partial charge in [0.15, 0.2) is 0 Å². The number of amides is 1. The highest BCUT2D eigenvalue weighted by Crippen LogP contribution is 2.17. The Bertz CT molecular complexity index is 354. The Hall–Kier alpha value is -1.23. The average molecular weight is 316 g/mol. The fourth-order valence-electron chi connectivity index (χ4n) is 1.33. The molecular weight excluding hydrogens is 298 g/mol. The molecule has 0 aliphatic rings. The van der Waals surface area contributed by atoms with Gasteiger partial charge in [-0.15, -0.1) is 0 Å². The van der Waals surface area contributed by atoms with Crippen molar-refractivity contribution in [3.05, 3.63) is 24.3 Å². The van der Waals surface area contributed by atoms with Gasteiger partial charge in [-0.05, 0) is 31.2 Å². The minimum Gasteiger partial charge on any atom is -0.494 e. The van der Waals surface area contributed by atoms with Crippen LogP contribution in [0.5, 0.6) is 11.5 Å². The molecular formula is C13H18BrNO3. The molecule has 100 valence electrons. The Morgan fingerprint density at radius 3 is 2.39 bits per heavy atom. The lowest BCUT2D eigenvalue weighted by Crippen LogP contribution is -2.28. The summed E-state index contributed by atoms with van der Waals surface area (Å²) < 4.78 is 10.8. The summed E-state index contributed by atoms with van der Waals surface area (Å²) >= 11 is 3.21. The second-order valence-corrected chi connectivity index (χ2v) is 4.33. The van der Waals surface area contributed by atoms with Gasteiger partial charge in [-0.25, -0.2) is 0 Å². The summed E-state index contributed by atoms with van der Waals surface area (Å²) in [7, 11) is 0. The third kappa shape index (κ3) is 5.91. The maximum atomic E-state index is 11.2. The third-order valence-electron chi connectivity index (χ3n) is 2.15. The van der Waals surface area contributed by atoms with Crippen molar-refractivity contribution in [2.45, 2.75) is 13.3 Å². The molecule has 0 unspecified atom stereocenters. The Morgan fingerprint density at radius 2 is 1.83 bits per heavy atom. The molecule has 1 aromatic carbocycles. The lowest BCUT2D eigenvalue weighted by atomic mass is 10.3. The molecule has 5 heteroatoms. The molecule has 0 radical (unpaired) electrons. The van der Waals surface area contributed by atoms with Gasteiger partial charge in [-0.3, -0.25) is 4.79 Å². The number of nitrogens with one attached hydrogen (secondary N) is 1. The normalized spacial score (nSPS) is 9.89. The van der Waals surface area contributed by atoms with E-state index in [2.05, 4.69) is 21.2 Å². The Labute approximate surface area is 116 Å². The first-order valence-electron chi connectivity index (χ1n) is 5.94. The molecule has 0 aromatic heterocycles. The van der Waals surface area contributed by atoms with E-state index in [-0.39, 0.29) is 5.91 Å². The van der Waals surface area contributed by atoms with Crippen LogP contribution in [0, 0.1) is 0 Å². The van der Waals surface area contributed by atoms with E-state index in [1.807, 2.05) is 31.2 Å². The van der Waals surface area contributed by atoms with E-state index in [4.69, 9.17) is 9.47 Å². The number of benzene rings is 1. The fraction of sp³-hybridized carbons (Fsp3) is 0.462. The van der Waals surface area contributed by atoms with Crippen LogP contribution in [0.2, 0.25) is 0 Å². The standard InChI is InChI=1S/C13H18BrNO3/c1-2-17-11-3-5-12(6-4-11)18-10-9-15-13(16)7-8-14/h3-6H,2,7-10H2,1H3,(H,15,16). The number of alkyl halides is 1. The first kappa shape index (κ1) is 14.8. The summed E-state index contributed by atoms with van der Waals surface area (Å²) in [5, 5.41) is 3.45. The molecule has 18 heavy (non-hydrogen) atoms. The molecule has 0 atom stereocenters. The second kappa shape index (κ2) is 8.80. The SMILES string of the molecule is CCOc1ccc(OCCNC(=O)CCBr)cc1. The van der Waals surface area contributed by atoms with E-state index in [0.717, 1.165) is 11.5 Å². The first-order chi connectivity index (χ1) is 8.76. The topological polar surface area (TPSA) is 47.6 Å². The largest absolute Gasteiger partial charge is 0.494 e. The van der Waals surface area contributed by atoms with Crippen LogP contribution < -0.4 is 14.8 Å². The highest BCUT2D eigenvalue weighted by molar-refractivity contribution is 9.09. The predicted molar refractivity (Wildman–Crippen MR) is 74.5 cm³/mol. The summed E-state index contributed by atoms with van der Waals surface area (Å²) in [6.07, 6.45) is 0.489. The van der Waals surface area contributed by atoms with Crippen LogP contribution in [0.15, 0.2) is 24.3 Å². The average Bonchev–Trinajstić information content (AvgIpc) is 2.37. The minimum atomic E-state index is 0.0298. The molecule has 0 saturated heterocycles. The van der Waals surface area contributed by atoms with E-state index in [1.54, 1.807) is 0 Å². The molecule has 1 amide bonds. The van der Waals surface area contributed by atoms with Crippen LogP contribution in [-0.2, 0) is 4.79 Å². The van der Waals surface area contributed by atoms with Gasteiger partial charge in [0.05, 0.1) is 13.2 Å². The molecule has 0 saturated carbocycles. The number of hydrogen-bond acceptors (Lipinski definition) is 3. The molecule has 1 aromatic rings. The fourth-order valence-corrected chi connectivity index (χ4v) is 1.69. The maximum absolute atomic E-state index is 11.2. The van der Waals surface area contributed by atoms with Crippen LogP contribution in [0.3, 0.4) is 0 Å². The van der Waals surface area contributed by atoms with E-state index in [9.17, 15) is 4.79 Å². The second-order valence-electron chi connectivity index (χ2n) is 3.54. The molecule has 0 aliphatic carbocycles. The van der Waals surface area contributed by atoms with Crippen LogP contribution in [-0.4, -0.2) is 31.0 Å². The van der Waals surface area contributed by atoms with Crippen LogP contribution in [0.1, 0.15) is 13.3 Å². The molecule has 0 spiro atoms. The number of carbonyl (C=O) groups excluding carboxylic acids is 1. The van der Waals surface area contributed by atoms with Crippen molar-refractivity contribution >= 4 is 21.8 Å². The van der Waals surface area contributed by atoms with Crippen molar-refractivity contribution < 1.29 is 14.3 Å². The number of rotatable bonds is 8. The molecule has 4 nitrogen and oxygen atoms in total. The van der Waals surface area contributed by atoms with Crippen LogP contribution in [0.4, 0.5) is 0 Å². The summed E-state index contributed by atoms with van der Waals surface area (Å²) in [6, 6.07) is 7.43. The summed E-state index contributed by atoms with van der Waals surface area (Å²) in [4.78, 5) is 11.2. The van der Waals surface area contributed by atoms with Gasteiger partial charge in [-0.1, -0.05) is 15.9 Å².